The van der Waals surface area contributed by atoms with Crippen molar-refractivity contribution in [3.05, 3.63) is 41.2 Å². The molecule has 5 nitrogen and oxygen atoms in total. The summed E-state index contributed by atoms with van der Waals surface area (Å²) in [5, 5.41) is 15.6. The maximum atomic E-state index is 8.89. The third-order valence-electron chi connectivity index (χ3n) is 2.18. The van der Waals surface area contributed by atoms with Crippen LogP contribution in [0.5, 0.6) is 0 Å². The number of anilines is 1. The zero-order valence-electron chi connectivity index (χ0n) is 8.97. The summed E-state index contributed by atoms with van der Waals surface area (Å²) < 4.78 is 4.92. The summed E-state index contributed by atoms with van der Waals surface area (Å²) in [7, 11) is 0. The number of hydrogen-bond acceptors (Lipinski definition) is 5. The zero-order valence-corrected chi connectivity index (χ0v) is 8.97. The van der Waals surface area contributed by atoms with Gasteiger partial charge in [0.05, 0.1) is 6.61 Å². The van der Waals surface area contributed by atoms with Crippen LogP contribution in [0.4, 0.5) is 6.01 Å². The summed E-state index contributed by atoms with van der Waals surface area (Å²) in [4.78, 5) is 4.03. The maximum Gasteiger partial charge on any atom is 0.321 e. The second kappa shape index (κ2) is 4.76. The van der Waals surface area contributed by atoms with E-state index in [1.807, 2.05) is 24.3 Å². The van der Waals surface area contributed by atoms with Gasteiger partial charge in [-0.25, -0.2) is 0 Å². The predicted molar refractivity (Wildman–Crippen MR) is 58.7 cm³/mol. The summed E-state index contributed by atoms with van der Waals surface area (Å²) in [5.74, 6) is 0.609. The Morgan fingerprint density at radius 1 is 1.25 bits per heavy atom. The van der Waals surface area contributed by atoms with Crippen LogP contribution >= 0.6 is 0 Å². The average Bonchev–Trinajstić information content (AvgIpc) is 2.73. The Balaban J connectivity index is 1.94. The fourth-order valence-electron chi connectivity index (χ4n) is 1.31. The summed E-state index contributed by atoms with van der Waals surface area (Å²) in [6.07, 6.45) is 0. The molecule has 2 N–H and O–H groups in total. The molecule has 2 aromatic rings. The number of aliphatic hydroxyl groups excluding tert-OH is 1. The molecular formula is C11H13N3O2. The standard InChI is InChI=1S/C11H13N3O2/c1-8-13-11(16-14-8)12-6-9-2-4-10(7-15)5-3-9/h2-5,15H,6-7H2,1H3,(H,12,13,14). The lowest BCUT2D eigenvalue weighted by atomic mass is 10.1. The molecule has 0 spiro atoms. The number of benzene rings is 1. The van der Waals surface area contributed by atoms with Crippen molar-refractivity contribution in [1.82, 2.24) is 10.1 Å². The normalized spacial score (nSPS) is 10.4. The molecule has 2 rings (SSSR count). The van der Waals surface area contributed by atoms with E-state index in [0.717, 1.165) is 11.1 Å². The number of hydrogen-bond donors (Lipinski definition) is 2. The van der Waals surface area contributed by atoms with Crippen molar-refractivity contribution >= 4 is 6.01 Å². The first-order chi connectivity index (χ1) is 7.78. The first-order valence-electron chi connectivity index (χ1n) is 5.01. The molecule has 0 atom stereocenters. The Labute approximate surface area is 93.1 Å². The molecule has 0 fully saturated rings. The summed E-state index contributed by atoms with van der Waals surface area (Å²) in [6, 6.07) is 8.08. The summed E-state index contributed by atoms with van der Waals surface area (Å²) in [5.41, 5.74) is 1.99. The lowest BCUT2D eigenvalue weighted by Gasteiger charge is -2.02. The Bertz CT molecular complexity index is 451. The minimum absolute atomic E-state index is 0.0660. The summed E-state index contributed by atoms with van der Waals surface area (Å²) in [6.45, 7) is 2.45. The van der Waals surface area contributed by atoms with E-state index in [0.29, 0.717) is 18.4 Å². The van der Waals surface area contributed by atoms with Crippen LogP contribution in [0.2, 0.25) is 0 Å². The Hall–Kier alpha value is -1.88. The minimum atomic E-state index is 0.0660. The summed E-state index contributed by atoms with van der Waals surface area (Å²) >= 11 is 0. The van der Waals surface area contributed by atoms with Crippen LogP contribution in [0.15, 0.2) is 28.8 Å². The fraction of sp³-hybridized carbons (Fsp3) is 0.273. The van der Waals surface area contributed by atoms with Crippen molar-refractivity contribution < 1.29 is 9.63 Å². The maximum absolute atomic E-state index is 8.89. The van der Waals surface area contributed by atoms with Gasteiger partial charge in [0, 0.05) is 6.54 Å². The van der Waals surface area contributed by atoms with Crippen LogP contribution in [0, 0.1) is 6.92 Å². The molecule has 84 valence electrons. The number of aromatic nitrogens is 2. The highest BCUT2D eigenvalue weighted by Crippen LogP contribution is 2.08. The Kier molecular flexibility index (Phi) is 3.16. The fourth-order valence-corrected chi connectivity index (χ4v) is 1.31. The van der Waals surface area contributed by atoms with Gasteiger partial charge in [-0.15, -0.1) is 0 Å². The molecular weight excluding hydrogens is 206 g/mol. The number of aliphatic hydroxyl groups is 1. The van der Waals surface area contributed by atoms with Gasteiger partial charge in [-0.3, -0.25) is 0 Å². The number of nitrogens with zero attached hydrogens (tertiary/aromatic N) is 2. The minimum Gasteiger partial charge on any atom is -0.392 e. The van der Waals surface area contributed by atoms with E-state index in [1.54, 1.807) is 6.92 Å². The first-order valence-corrected chi connectivity index (χ1v) is 5.01. The number of rotatable bonds is 4. The Morgan fingerprint density at radius 3 is 2.50 bits per heavy atom. The van der Waals surface area contributed by atoms with Gasteiger partial charge in [0.15, 0.2) is 5.82 Å². The van der Waals surface area contributed by atoms with Gasteiger partial charge < -0.3 is 14.9 Å². The molecule has 0 amide bonds. The molecule has 16 heavy (non-hydrogen) atoms. The van der Waals surface area contributed by atoms with Gasteiger partial charge in [-0.1, -0.05) is 29.4 Å². The lowest BCUT2D eigenvalue weighted by molar-refractivity contribution is 0.282. The van der Waals surface area contributed by atoms with Crippen molar-refractivity contribution in [3.8, 4) is 0 Å². The molecule has 0 aliphatic heterocycles. The van der Waals surface area contributed by atoms with E-state index in [9.17, 15) is 0 Å². The highest BCUT2D eigenvalue weighted by atomic mass is 16.5. The van der Waals surface area contributed by atoms with Crippen molar-refractivity contribution in [2.45, 2.75) is 20.1 Å². The van der Waals surface area contributed by atoms with Gasteiger partial charge in [0.25, 0.3) is 0 Å². The molecule has 0 radical (unpaired) electrons. The number of aryl methyl sites for hydroxylation is 1. The second-order valence-corrected chi connectivity index (χ2v) is 3.47. The van der Waals surface area contributed by atoms with Crippen molar-refractivity contribution in [1.29, 1.82) is 0 Å². The van der Waals surface area contributed by atoms with Crippen LogP contribution in [0.3, 0.4) is 0 Å². The van der Waals surface area contributed by atoms with Crippen LogP contribution in [0.25, 0.3) is 0 Å². The van der Waals surface area contributed by atoms with Crippen LogP contribution < -0.4 is 5.32 Å². The number of nitrogens with one attached hydrogen (secondary N) is 1. The van der Waals surface area contributed by atoms with Gasteiger partial charge in [-0.2, -0.15) is 4.98 Å². The molecule has 5 heteroatoms. The third-order valence-corrected chi connectivity index (χ3v) is 2.18. The molecule has 0 bridgehead atoms. The molecule has 0 aliphatic rings. The van der Waals surface area contributed by atoms with E-state index >= 15 is 0 Å². The van der Waals surface area contributed by atoms with Crippen molar-refractivity contribution in [3.63, 3.8) is 0 Å². The smallest absolute Gasteiger partial charge is 0.321 e. The van der Waals surface area contributed by atoms with E-state index in [-0.39, 0.29) is 6.61 Å². The van der Waals surface area contributed by atoms with Gasteiger partial charge in [0.1, 0.15) is 0 Å². The molecule has 0 saturated carbocycles. The second-order valence-electron chi connectivity index (χ2n) is 3.47. The molecule has 0 saturated heterocycles. The van der Waals surface area contributed by atoms with Crippen LogP contribution in [0.1, 0.15) is 17.0 Å². The third kappa shape index (κ3) is 2.58. The van der Waals surface area contributed by atoms with Gasteiger partial charge >= 0.3 is 6.01 Å². The Morgan fingerprint density at radius 2 is 1.94 bits per heavy atom. The van der Waals surface area contributed by atoms with E-state index in [2.05, 4.69) is 15.5 Å². The molecule has 1 aromatic carbocycles. The van der Waals surface area contributed by atoms with Crippen molar-refractivity contribution in [2.75, 3.05) is 5.32 Å². The van der Waals surface area contributed by atoms with Crippen molar-refractivity contribution in [2.24, 2.45) is 0 Å². The molecule has 0 aliphatic carbocycles. The first kappa shape index (κ1) is 10.6. The molecule has 1 heterocycles. The monoisotopic (exact) mass is 219 g/mol. The van der Waals surface area contributed by atoms with E-state index in [1.165, 1.54) is 0 Å². The molecule has 0 unspecified atom stereocenters. The SMILES string of the molecule is Cc1noc(NCc2ccc(CO)cc2)n1. The van der Waals surface area contributed by atoms with Gasteiger partial charge in [-0.05, 0) is 18.1 Å². The lowest BCUT2D eigenvalue weighted by Crippen LogP contribution is -1.99. The molecule has 1 aromatic heterocycles. The van der Waals surface area contributed by atoms with Gasteiger partial charge in [0.2, 0.25) is 0 Å². The quantitative estimate of drug-likeness (QED) is 0.815. The van der Waals surface area contributed by atoms with E-state index in [4.69, 9.17) is 9.63 Å². The average molecular weight is 219 g/mol. The highest BCUT2D eigenvalue weighted by molar-refractivity contribution is 5.26. The van der Waals surface area contributed by atoms with Crippen LogP contribution in [-0.2, 0) is 13.2 Å². The van der Waals surface area contributed by atoms with E-state index < -0.39 is 0 Å². The predicted octanol–water partition coefficient (Wildman–Crippen LogP) is 1.48. The topological polar surface area (TPSA) is 71.2 Å². The van der Waals surface area contributed by atoms with Crippen LogP contribution in [-0.4, -0.2) is 15.2 Å². The largest absolute Gasteiger partial charge is 0.392 e. The zero-order chi connectivity index (χ0) is 11.4. The highest BCUT2D eigenvalue weighted by Gasteiger charge is 2.01.